The zero-order valence-electron chi connectivity index (χ0n) is 10.7. The summed E-state index contributed by atoms with van der Waals surface area (Å²) in [5.74, 6) is 1.18. The molecule has 0 amide bonds. The molecule has 0 saturated carbocycles. The van der Waals surface area contributed by atoms with Crippen molar-refractivity contribution in [1.29, 1.82) is 0 Å². The summed E-state index contributed by atoms with van der Waals surface area (Å²) in [5.41, 5.74) is 0.666. The highest BCUT2D eigenvalue weighted by Crippen LogP contribution is 2.27. The lowest BCUT2D eigenvalue weighted by Crippen LogP contribution is -2.02. The second kappa shape index (κ2) is 7.16. The largest absolute Gasteiger partial charge is 0.496 e. The van der Waals surface area contributed by atoms with Crippen molar-refractivity contribution < 1.29 is 9.53 Å². The molecule has 0 aliphatic heterocycles. The van der Waals surface area contributed by atoms with Crippen molar-refractivity contribution in [1.82, 2.24) is 0 Å². The number of ketones is 1. The third-order valence-corrected chi connectivity index (χ3v) is 4.54. The number of hydrogen-bond donors (Lipinski definition) is 0. The number of methoxy groups -OCH3 is 1. The highest BCUT2D eigenvalue weighted by atomic mass is 79.9. The van der Waals surface area contributed by atoms with Gasteiger partial charge in [-0.05, 0) is 58.4 Å². The molecular formula is C15H12BrClO2S. The summed E-state index contributed by atoms with van der Waals surface area (Å²) in [6, 6.07) is 12.8. The third kappa shape index (κ3) is 4.01. The van der Waals surface area contributed by atoms with Crippen LogP contribution in [-0.2, 0) is 0 Å². The zero-order chi connectivity index (χ0) is 14.5. The van der Waals surface area contributed by atoms with Crippen LogP contribution in [-0.4, -0.2) is 18.6 Å². The monoisotopic (exact) mass is 370 g/mol. The highest BCUT2D eigenvalue weighted by Gasteiger charge is 2.09. The first-order chi connectivity index (χ1) is 9.60. The minimum absolute atomic E-state index is 0.0771. The molecule has 0 bridgehead atoms. The summed E-state index contributed by atoms with van der Waals surface area (Å²) in [5, 5.41) is 0.694. The minimum Gasteiger partial charge on any atom is -0.496 e. The molecule has 0 fully saturated rings. The van der Waals surface area contributed by atoms with E-state index in [-0.39, 0.29) is 5.78 Å². The summed E-state index contributed by atoms with van der Waals surface area (Å²) in [4.78, 5) is 13.2. The Labute approximate surface area is 135 Å². The predicted octanol–water partition coefficient (Wildman–Crippen LogP) is 5.09. The van der Waals surface area contributed by atoms with Gasteiger partial charge in [-0.3, -0.25) is 4.79 Å². The van der Waals surface area contributed by atoms with E-state index in [1.54, 1.807) is 25.3 Å². The highest BCUT2D eigenvalue weighted by molar-refractivity contribution is 9.10. The maximum atomic E-state index is 12.1. The number of halogens is 2. The van der Waals surface area contributed by atoms with Crippen molar-refractivity contribution in [2.75, 3.05) is 12.9 Å². The second-order valence-corrected chi connectivity index (χ2v) is 6.35. The smallest absolute Gasteiger partial charge is 0.173 e. The SMILES string of the molecule is COc1ccc(C(=O)CSc2ccc(Cl)cc2)cc1Br. The van der Waals surface area contributed by atoms with Crippen molar-refractivity contribution in [3.63, 3.8) is 0 Å². The van der Waals surface area contributed by atoms with E-state index in [0.29, 0.717) is 22.1 Å². The fraction of sp³-hybridized carbons (Fsp3) is 0.133. The van der Waals surface area contributed by atoms with Crippen LogP contribution >= 0.6 is 39.3 Å². The van der Waals surface area contributed by atoms with Crippen molar-refractivity contribution in [2.45, 2.75) is 4.90 Å². The van der Waals surface area contributed by atoms with Crippen LogP contribution in [0.5, 0.6) is 5.75 Å². The average Bonchev–Trinajstić information content (AvgIpc) is 2.46. The first kappa shape index (κ1) is 15.4. The Bertz CT molecular complexity index is 614. The molecule has 2 aromatic rings. The first-order valence-corrected chi connectivity index (χ1v) is 8.01. The molecule has 0 heterocycles. The number of hydrogen-bond acceptors (Lipinski definition) is 3. The van der Waals surface area contributed by atoms with E-state index >= 15 is 0 Å². The summed E-state index contributed by atoms with van der Waals surface area (Å²) in [7, 11) is 1.60. The lowest BCUT2D eigenvalue weighted by molar-refractivity contribution is 0.102. The van der Waals surface area contributed by atoms with E-state index < -0.39 is 0 Å². The van der Waals surface area contributed by atoms with E-state index in [9.17, 15) is 4.79 Å². The van der Waals surface area contributed by atoms with E-state index in [1.807, 2.05) is 24.3 Å². The van der Waals surface area contributed by atoms with Crippen LogP contribution in [0.4, 0.5) is 0 Å². The van der Waals surface area contributed by atoms with Crippen LogP contribution in [0.15, 0.2) is 51.8 Å². The number of carbonyl (C=O) groups excluding carboxylic acids is 1. The normalized spacial score (nSPS) is 10.3. The van der Waals surface area contributed by atoms with Gasteiger partial charge in [0.2, 0.25) is 0 Å². The molecule has 0 N–H and O–H groups in total. The minimum atomic E-state index is 0.0771. The van der Waals surface area contributed by atoms with Gasteiger partial charge in [0.05, 0.1) is 17.3 Å². The Morgan fingerprint density at radius 1 is 1.25 bits per heavy atom. The third-order valence-electron chi connectivity index (χ3n) is 2.66. The van der Waals surface area contributed by atoms with Gasteiger partial charge in [-0.15, -0.1) is 11.8 Å². The lowest BCUT2D eigenvalue weighted by atomic mass is 10.1. The second-order valence-electron chi connectivity index (χ2n) is 4.02. The number of rotatable bonds is 5. The molecule has 2 nitrogen and oxygen atoms in total. The Balaban J connectivity index is 2.01. The predicted molar refractivity (Wildman–Crippen MR) is 87.2 cm³/mol. The van der Waals surface area contributed by atoms with E-state index in [4.69, 9.17) is 16.3 Å². The molecule has 0 aromatic heterocycles. The molecule has 5 heteroatoms. The van der Waals surface area contributed by atoms with Crippen LogP contribution in [0.3, 0.4) is 0 Å². The van der Waals surface area contributed by atoms with Gasteiger partial charge in [-0.1, -0.05) is 11.6 Å². The molecule has 0 aliphatic rings. The summed E-state index contributed by atoms with van der Waals surface area (Å²) >= 11 is 10.7. The first-order valence-electron chi connectivity index (χ1n) is 5.85. The van der Waals surface area contributed by atoms with Crippen LogP contribution in [0.2, 0.25) is 5.02 Å². The topological polar surface area (TPSA) is 26.3 Å². The number of Topliss-reactive ketones (excluding diaryl/α,β-unsaturated/α-hetero) is 1. The fourth-order valence-corrected chi connectivity index (χ4v) is 3.06. The van der Waals surface area contributed by atoms with Crippen molar-refractivity contribution in [3.8, 4) is 5.75 Å². The van der Waals surface area contributed by atoms with Crippen LogP contribution in [0, 0.1) is 0 Å². The van der Waals surface area contributed by atoms with Crippen molar-refractivity contribution in [3.05, 3.63) is 57.5 Å². The Morgan fingerprint density at radius 3 is 2.55 bits per heavy atom. The number of carbonyl (C=O) groups is 1. The van der Waals surface area contributed by atoms with Crippen LogP contribution < -0.4 is 4.74 Å². The van der Waals surface area contributed by atoms with Gasteiger partial charge in [0.15, 0.2) is 5.78 Å². The Morgan fingerprint density at radius 2 is 1.95 bits per heavy atom. The molecule has 0 radical (unpaired) electrons. The molecule has 0 unspecified atom stereocenters. The summed E-state index contributed by atoms with van der Waals surface area (Å²) < 4.78 is 5.92. The van der Waals surface area contributed by atoms with E-state index in [0.717, 1.165) is 9.37 Å². The van der Waals surface area contributed by atoms with Gasteiger partial charge < -0.3 is 4.74 Å². The molecule has 0 spiro atoms. The standard InChI is InChI=1S/C15H12BrClO2S/c1-19-15-7-2-10(8-13(15)16)14(18)9-20-12-5-3-11(17)4-6-12/h2-8H,9H2,1H3. The molecule has 2 rings (SSSR count). The molecule has 0 saturated heterocycles. The molecule has 0 aliphatic carbocycles. The zero-order valence-corrected chi connectivity index (χ0v) is 13.9. The van der Waals surface area contributed by atoms with Crippen LogP contribution in [0.1, 0.15) is 10.4 Å². The fourth-order valence-electron chi connectivity index (χ4n) is 1.60. The lowest BCUT2D eigenvalue weighted by Gasteiger charge is -2.06. The molecular weight excluding hydrogens is 360 g/mol. The van der Waals surface area contributed by atoms with Crippen molar-refractivity contribution >= 4 is 45.1 Å². The van der Waals surface area contributed by atoms with Crippen molar-refractivity contribution in [2.24, 2.45) is 0 Å². The summed E-state index contributed by atoms with van der Waals surface area (Å²) in [6.45, 7) is 0. The quantitative estimate of drug-likeness (QED) is 0.541. The van der Waals surface area contributed by atoms with Gasteiger partial charge in [0, 0.05) is 15.5 Å². The molecule has 20 heavy (non-hydrogen) atoms. The maximum absolute atomic E-state index is 12.1. The van der Waals surface area contributed by atoms with Gasteiger partial charge in [-0.25, -0.2) is 0 Å². The summed E-state index contributed by atoms with van der Waals surface area (Å²) in [6.07, 6.45) is 0. The average molecular weight is 372 g/mol. The number of benzene rings is 2. The molecule has 2 aromatic carbocycles. The molecule has 0 atom stereocenters. The van der Waals surface area contributed by atoms with Gasteiger partial charge in [0.25, 0.3) is 0 Å². The van der Waals surface area contributed by atoms with Gasteiger partial charge in [-0.2, -0.15) is 0 Å². The molecule has 104 valence electrons. The van der Waals surface area contributed by atoms with Crippen LogP contribution in [0.25, 0.3) is 0 Å². The number of thioether (sulfide) groups is 1. The Hall–Kier alpha value is -0.970. The Kier molecular flexibility index (Phi) is 5.52. The number of ether oxygens (including phenoxy) is 1. The maximum Gasteiger partial charge on any atom is 0.173 e. The van der Waals surface area contributed by atoms with Gasteiger partial charge >= 0.3 is 0 Å². The van der Waals surface area contributed by atoms with Gasteiger partial charge in [0.1, 0.15) is 5.75 Å². The van der Waals surface area contributed by atoms with E-state index in [1.165, 1.54) is 11.8 Å². The van der Waals surface area contributed by atoms with E-state index in [2.05, 4.69) is 15.9 Å².